The van der Waals surface area contributed by atoms with Crippen LogP contribution in [0.1, 0.15) is 39.0 Å². The molecule has 0 aliphatic carbocycles. The van der Waals surface area contributed by atoms with E-state index in [0.29, 0.717) is 18.4 Å². The monoisotopic (exact) mass is 249 g/mol. The molecule has 0 aliphatic heterocycles. The first-order chi connectivity index (χ1) is 8.52. The van der Waals surface area contributed by atoms with Crippen LogP contribution in [0.25, 0.3) is 0 Å². The van der Waals surface area contributed by atoms with Gasteiger partial charge in [0, 0.05) is 32.4 Å². The van der Waals surface area contributed by atoms with E-state index in [9.17, 15) is 0 Å². The molecule has 3 heteroatoms. The van der Waals surface area contributed by atoms with Crippen molar-refractivity contribution in [1.82, 2.24) is 9.88 Å². The van der Waals surface area contributed by atoms with Crippen molar-refractivity contribution >= 4 is 0 Å². The maximum Gasteiger partial charge on any atom is 0.0584 e. The summed E-state index contributed by atoms with van der Waals surface area (Å²) in [7, 11) is 0. The summed E-state index contributed by atoms with van der Waals surface area (Å²) in [6.45, 7) is 12.8. The second kappa shape index (κ2) is 7.49. The Morgan fingerprint density at radius 1 is 1.17 bits per heavy atom. The molecule has 0 saturated carbocycles. The van der Waals surface area contributed by atoms with Crippen LogP contribution in [0, 0.1) is 11.8 Å². The Bertz CT molecular complexity index is 337. The molecule has 0 atom stereocenters. The van der Waals surface area contributed by atoms with Crippen LogP contribution in [0.4, 0.5) is 0 Å². The van der Waals surface area contributed by atoms with E-state index in [-0.39, 0.29) is 0 Å². The van der Waals surface area contributed by atoms with Crippen LogP contribution in [0.15, 0.2) is 18.3 Å². The zero-order valence-electron chi connectivity index (χ0n) is 12.2. The van der Waals surface area contributed by atoms with Gasteiger partial charge < -0.3 is 5.73 Å². The molecule has 0 bridgehead atoms. The van der Waals surface area contributed by atoms with Gasteiger partial charge in [-0.2, -0.15) is 0 Å². The maximum absolute atomic E-state index is 5.75. The van der Waals surface area contributed by atoms with Gasteiger partial charge in [-0.05, 0) is 23.5 Å². The van der Waals surface area contributed by atoms with E-state index in [1.807, 2.05) is 12.3 Å². The molecule has 0 aromatic carbocycles. The van der Waals surface area contributed by atoms with E-state index in [2.05, 4.69) is 43.6 Å². The van der Waals surface area contributed by atoms with Gasteiger partial charge >= 0.3 is 0 Å². The molecular formula is C15H27N3. The molecule has 0 amide bonds. The quantitative estimate of drug-likeness (QED) is 0.808. The van der Waals surface area contributed by atoms with Crippen LogP contribution in [0.2, 0.25) is 0 Å². The topological polar surface area (TPSA) is 42.2 Å². The summed E-state index contributed by atoms with van der Waals surface area (Å²) in [5.74, 6) is 1.36. The van der Waals surface area contributed by atoms with Gasteiger partial charge in [0.05, 0.1) is 5.69 Å². The summed E-state index contributed by atoms with van der Waals surface area (Å²) < 4.78 is 0. The van der Waals surface area contributed by atoms with Crippen LogP contribution in [0.3, 0.4) is 0 Å². The van der Waals surface area contributed by atoms with Crippen LogP contribution >= 0.6 is 0 Å². The smallest absolute Gasteiger partial charge is 0.0584 e. The second-order valence-corrected chi connectivity index (χ2v) is 5.80. The number of hydrogen-bond donors (Lipinski definition) is 1. The number of nitrogens with zero attached hydrogens (tertiary/aromatic N) is 2. The fourth-order valence-electron chi connectivity index (χ4n) is 2.28. The predicted molar refractivity (Wildman–Crippen MR) is 77.1 cm³/mol. The molecule has 18 heavy (non-hydrogen) atoms. The molecule has 0 unspecified atom stereocenters. The van der Waals surface area contributed by atoms with Crippen molar-refractivity contribution in [2.24, 2.45) is 17.6 Å². The lowest BCUT2D eigenvalue weighted by molar-refractivity contribution is 0.210. The predicted octanol–water partition coefficient (Wildman–Crippen LogP) is 2.65. The van der Waals surface area contributed by atoms with Gasteiger partial charge in [0.25, 0.3) is 0 Å². The first-order valence-electron chi connectivity index (χ1n) is 6.88. The Balaban J connectivity index is 2.74. The van der Waals surface area contributed by atoms with Gasteiger partial charge in [-0.25, -0.2) is 0 Å². The van der Waals surface area contributed by atoms with E-state index in [0.717, 1.165) is 25.3 Å². The van der Waals surface area contributed by atoms with Crippen molar-refractivity contribution in [3.63, 3.8) is 0 Å². The molecule has 0 fully saturated rings. The molecule has 0 radical (unpaired) electrons. The second-order valence-electron chi connectivity index (χ2n) is 5.80. The Hall–Kier alpha value is -0.930. The molecule has 1 heterocycles. The van der Waals surface area contributed by atoms with Gasteiger partial charge in [0.15, 0.2) is 0 Å². The summed E-state index contributed by atoms with van der Waals surface area (Å²) in [6.07, 6.45) is 1.82. The van der Waals surface area contributed by atoms with Crippen LogP contribution in [-0.2, 0) is 13.1 Å². The fourth-order valence-corrected chi connectivity index (χ4v) is 2.28. The highest BCUT2D eigenvalue weighted by Gasteiger charge is 2.12. The van der Waals surface area contributed by atoms with Crippen LogP contribution in [0.5, 0.6) is 0 Å². The minimum Gasteiger partial charge on any atom is -0.325 e. The van der Waals surface area contributed by atoms with E-state index >= 15 is 0 Å². The van der Waals surface area contributed by atoms with Crippen molar-refractivity contribution in [1.29, 1.82) is 0 Å². The first kappa shape index (κ1) is 15.1. The fraction of sp³-hybridized carbons (Fsp3) is 0.667. The summed E-state index contributed by atoms with van der Waals surface area (Å²) >= 11 is 0. The van der Waals surface area contributed by atoms with Crippen molar-refractivity contribution in [3.05, 3.63) is 29.6 Å². The van der Waals surface area contributed by atoms with Gasteiger partial charge in [0.1, 0.15) is 0 Å². The highest BCUT2D eigenvalue weighted by molar-refractivity contribution is 5.19. The lowest BCUT2D eigenvalue weighted by Gasteiger charge is -2.26. The normalized spacial score (nSPS) is 11.8. The van der Waals surface area contributed by atoms with Crippen LogP contribution < -0.4 is 5.73 Å². The van der Waals surface area contributed by atoms with Crippen molar-refractivity contribution in [2.75, 3.05) is 13.1 Å². The van der Waals surface area contributed by atoms with Gasteiger partial charge in [-0.1, -0.05) is 33.8 Å². The minimum absolute atomic E-state index is 0.521. The molecule has 3 nitrogen and oxygen atoms in total. The van der Waals surface area contributed by atoms with Gasteiger partial charge in [-0.3, -0.25) is 9.88 Å². The SMILES string of the molecule is CC(C)CN(Cc1cccnc1CN)CC(C)C. The third kappa shape index (κ3) is 5.15. The highest BCUT2D eigenvalue weighted by atomic mass is 15.1. The van der Waals surface area contributed by atoms with E-state index in [4.69, 9.17) is 5.73 Å². The average Bonchev–Trinajstić information content (AvgIpc) is 2.27. The lowest BCUT2D eigenvalue weighted by atomic mass is 10.1. The van der Waals surface area contributed by atoms with E-state index in [1.165, 1.54) is 5.56 Å². The number of nitrogens with two attached hydrogens (primary N) is 1. The van der Waals surface area contributed by atoms with Crippen LogP contribution in [-0.4, -0.2) is 23.0 Å². The third-order valence-electron chi connectivity index (χ3n) is 2.82. The molecule has 1 aromatic rings. The van der Waals surface area contributed by atoms with Gasteiger partial charge in [-0.15, -0.1) is 0 Å². The summed E-state index contributed by atoms with van der Waals surface area (Å²) in [5, 5.41) is 0. The maximum atomic E-state index is 5.75. The number of rotatable bonds is 7. The zero-order chi connectivity index (χ0) is 13.5. The standard InChI is InChI=1S/C15H27N3/c1-12(2)9-18(10-13(3)4)11-14-6-5-7-17-15(14)8-16/h5-7,12-13H,8-11,16H2,1-4H3. The summed E-state index contributed by atoms with van der Waals surface area (Å²) in [5.41, 5.74) is 8.04. The molecule has 102 valence electrons. The largest absolute Gasteiger partial charge is 0.325 e. The van der Waals surface area contributed by atoms with Crippen molar-refractivity contribution in [3.8, 4) is 0 Å². The van der Waals surface area contributed by atoms with E-state index < -0.39 is 0 Å². The zero-order valence-corrected chi connectivity index (χ0v) is 12.2. The molecular weight excluding hydrogens is 222 g/mol. The third-order valence-corrected chi connectivity index (χ3v) is 2.82. The molecule has 0 spiro atoms. The molecule has 1 aromatic heterocycles. The first-order valence-corrected chi connectivity index (χ1v) is 6.88. The minimum atomic E-state index is 0.521. The highest BCUT2D eigenvalue weighted by Crippen LogP contribution is 2.12. The Morgan fingerprint density at radius 3 is 2.28 bits per heavy atom. The lowest BCUT2D eigenvalue weighted by Crippen LogP contribution is -2.31. The number of aromatic nitrogens is 1. The van der Waals surface area contributed by atoms with E-state index in [1.54, 1.807) is 0 Å². The Labute approximate surface area is 111 Å². The molecule has 0 aliphatic rings. The number of pyridine rings is 1. The van der Waals surface area contributed by atoms with Crippen molar-refractivity contribution < 1.29 is 0 Å². The van der Waals surface area contributed by atoms with Gasteiger partial charge in [0.2, 0.25) is 0 Å². The molecule has 2 N–H and O–H groups in total. The summed E-state index contributed by atoms with van der Waals surface area (Å²) in [6, 6.07) is 4.14. The molecule has 0 saturated heterocycles. The number of hydrogen-bond acceptors (Lipinski definition) is 3. The van der Waals surface area contributed by atoms with Crippen molar-refractivity contribution in [2.45, 2.75) is 40.8 Å². The summed E-state index contributed by atoms with van der Waals surface area (Å²) in [4.78, 5) is 6.86. The Kier molecular flexibility index (Phi) is 6.30. The Morgan fingerprint density at radius 2 is 1.78 bits per heavy atom. The average molecular weight is 249 g/mol. The molecule has 1 rings (SSSR count).